The molecule has 3 amide bonds. The summed E-state index contributed by atoms with van der Waals surface area (Å²) in [6, 6.07) is 14.1. The first-order valence-corrected chi connectivity index (χ1v) is 15.2. The molecule has 0 radical (unpaired) electrons. The van der Waals surface area contributed by atoms with Gasteiger partial charge >= 0.3 is 0 Å². The molecule has 234 valence electrons. The third-order valence-corrected chi connectivity index (χ3v) is 9.08. The highest BCUT2D eigenvalue weighted by molar-refractivity contribution is 6.35. The summed E-state index contributed by atoms with van der Waals surface area (Å²) in [6.45, 7) is 0.108. The highest BCUT2D eigenvalue weighted by Gasteiger charge is 2.42. The van der Waals surface area contributed by atoms with Crippen molar-refractivity contribution in [1.29, 1.82) is 0 Å². The Balaban J connectivity index is 1.30. The predicted molar refractivity (Wildman–Crippen MR) is 171 cm³/mol. The number of nitrogens with zero attached hydrogens (tertiary/aromatic N) is 3. The Morgan fingerprint density at radius 2 is 1.78 bits per heavy atom. The second kappa shape index (κ2) is 12.3. The Hall–Kier alpha value is -4.25. The molecule has 4 aromatic rings. The van der Waals surface area contributed by atoms with Gasteiger partial charge in [-0.05, 0) is 35.4 Å². The Morgan fingerprint density at radius 3 is 2.51 bits per heavy atom. The number of aliphatic hydroxyl groups excluding tert-OH is 1. The molecule has 0 saturated carbocycles. The van der Waals surface area contributed by atoms with Crippen LogP contribution in [-0.4, -0.2) is 71.2 Å². The van der Waals surface area contributed by atoms with Gasteiger partial charge in [0, 0.05) is 59.6 Å². The number of likely N-dealkylation sites (tertiary alicyclic amines) is 1. The lowest BCUT2D eigenvalue weighted by atomic mass is 9.95. The van der Waals surface area contributed by atoms with Gasteiger partial charge in [-0.15, -0.1) is 0 Å². The molecular formula is C33H32Cl2N4O6. The number of benzene rings is 3. The van der Waals surface area contributed by atoms with Crippen molar-refractivity contribution in [3.05, 3.63) is 87.5 Å². The average molecular weight is 652 g/mol. The molecule has 0 aliphatic carbocycles. The topological polar surface area (TPSA) is 113 Å². The molecule has 3 unspecified atom stereocenters. The Labute approximate surface area is 270 Å². The van der Waals surface area contributed by atoms with Gasteiger partial charge in [-0.2, -0.15) is 0 Å². The molecule has 2 aliphatic rings. The van der Waals surface area contributed by atoms with E-state index in [0.717, 1.165) is 16.5 Å². The van der Waals surface area contributed by atoms with Crippen LogP contribution in [0, 0.1) is 0 Å². The second-order valence-electron chi connectivity index (χ2n) is 11.3. The molecule has 10 nitrogen and oxygen atoms in total. The maximum absolute atomic E-state index is 14.1. The fourth-order valence-electron chi connectivity index (χ4n) is 6.26. The number of hydrogen-bond donors (Lipinski definition) is 2. The van der Waals surface area contributed by atoms with E-state index in [1.807, 2.05) is 35.9 Å². The Bertz CT molecular complexity index is 1820. The van der Waals surface area contributed by atoms with Crippen LogP contribution in [0.3, 0.4) is 0 Å². The number of aromatic nitrogens is 1. The normalized spacial score (nSPS) is 19.5. The molecule has 1 aromatic heterocycles. The summed E-state index contributed by atoms with van der Waals surface area (Å²) in [4.78, 5) is 44.6. The van der Waals surface area contributed by atoms with Crippen LogP contribution in [0.1, 0.15) is 27.9 Å². The number of aryl methyl sites for hydroxylation is 1. The lowest BCUT2D eigenvalue weighted by molar-refractivity contribution is -0.130. The largest absolute Gasteiger partial charge is 0.493 e. The highest BCUT2D eigenvalue weighted by atomic mass is 35.5. The van der Waals surface area contributed by atoms with Crippen molar-refractivity contribution in [1.82, 2.24) is 14.8 Å². The van der Waals surface area contributed by atoms with Crippen molar-refractivity contribution in [3.63, 3.8) is 0 Å². The number of amides is 3. The number of hydrogen-bond acceptors (Lipinski definition) is 6. The van der Waals surface area contributed by atoms with Crippen molar-refractivity contribution in [2.75, 3.05) is 25.7 Å². The van der Waals surface area contributed by atoms with Crippen molar-refractivity contribution in [2.24, 2.45) is 7.05 Å². The number of halogens is 2. The summed E-state index contributed by atoms with van der Waals surface area (Å²) in [6.07, 6.45) is 1.07. The number of anilines is 1. The minimum atomic E-state index is -0.967. The number of fused-ring (bicyclic) bond motifs is 2. The van der Waals surface area contributed by atoms with Gasteiger partial charge in [0.15, 0.2) is 11.5 Å². The summed E-state index contributed by atoms with van der Waals surface area (Å²) >= 11 is 12.6. The van der Waals surface area contributed by atoms with Gasteiger partial charge in [-0.1, -0.05) is 47.5 Å². The molecule has 2 aliphatic heterocycles. The first-order valence-electron chi connectivity index (χ1n) is 14.4. The average Bonchev–Trinajstić information content (AvgIpc) is 3.59. The zero-order valence-corrected chi connectivity index (χ0v) is 26.4. The highest BCUT2D eigenvalue weighted by Crippen LogP contribution is 2.40. The quantitative estimate of drug-likeness (QED) is 0.308. The van der Waals surface area contributed by atoms with E-state index in [9.17, 15) is 19.5 Å². The van der Waals surface area contributed by atoms with Crippen LogP contribution in [0.15, 0.2) is 60.8 Å². The molecule has 1 fully saturated rings. The molecule has 1 saturated heterocycles. The van der Waals surface area contributed by atoms with Crippen molar-refractivity contribution in [3.8, 4) is 11.5 Å². The smallest absolute Gasteiger partial charge is 0.256 e. The minimum absolute atomic E-state index is 0.000226. The molecule has 12 heteroatoms. The minimum Gasteiger partial charge on any atom is -0.493 e. The van der Waals surface area contributed by atoms with Crippen LogP contribution in [0.4, 0.5) is 5.69 Å². The number of ether oxygens (including phenoxy) is 2. The van der Waals surface area contributed by atoms with Gasteiger partial charge in [0.1, 0.15) is 12.1 Å². The molecule has 0 spiro atoms. The number of para-hydroxylation sites is 1. The van der Waals surface area contributed by atoms with Crippen molar-refractivity contribution >= 4 is 57.5 Å². The molecule has 6 rings (SSSR count). The van der Waals surface area contributed by atoms with Crippen molar-refractivity contribution < 1.29 is 29.0 Å². The third kappa shape index (κ3) is 5.69. The molecule has 3 heterocycles. The van der Waals surface area contributed by atoms with E-state index in [1.165, 1.54) is 19.1 Å². The number of rotatable bonds is 7. The van der Waals surface area contributed by atoms with Gasteiger partial charge in [-0.25, -0.2) is 0 Å². The number of carbonyl (C=O) groups is 3. The van der Waals surface area contributed by atoms with Crippen LogP contribution in [0.25, 0.3) is 10.9 Å². The van der Waals surface area contributed by atoms with Gasteiger partial charge < -0.3 is 34.3 Å². The van der Waals surface area contributed by atoms with Crippen LogP contribution in [-0.2, 0) is 29.6 Å². The fourth-order valence-corrected chi connectivity index (χ4v) is 6.73. The predicted octanol–water partition coefficient (Wildman–Crippen LogP) is 4.35. The molecule has 0 bridgehead atoms. The van der Waals surface area contributed by atoms with E-state index in [4.69, 9.17) is 32.7 Å². The summed E-state index contributed by atoms with van der Waals surface area (Å²) < 4.78 is 12.9. The standard InChI is InChI=1S/C33H32Cl2N4O6/c1-37-17-23(22-6-4-5-7-26(22)37)32(42)39-16-21(40)13-28(39)31(41)36-25-10-19-11-29(44-2)30(45-3)14-27(19)38(33(25)43)15-18-8-9-20(34)12-24(18)35/h4-9,11-12,14,17,21,25,28,40H,10,13,15-16H2,1-3H3,(H,36,41). The number of methoxy groups -OCH3 is 2. The second-order valence-corrected chi connectivity index (χ2v) is 12.1. The monoisotopic (exact) mass is 650 g/mol. The number of aliphatic hydroxyl groups is 1. The van der Waals surface area contributed by atoms with E-state index in [0.29, 0.717) is 38.4 Å². The SMILES string of the molecule is COc1cc2c(cc1OC)N(Cc1ccc(Cl)cc1Cl)C(=O)C(NC(=O)C1CC(O)CN1C(=O)c1cn(C)c3ccccc13)C2. The summed E-state index contributed by atoms with van der Waals surface area (Å²) in [5, 5.41) is 15.1. The zero-order chi connectivity index (χ0) is 32.0. The van der Waals surface area contributed by atoms with Crippen molar-refractivity contribution in [2.45, 2.75) is 37.6 Å². The number of carbonyl (C=O) groups excluding carboxylic acids is 3. The van der Waals surface area contributed by atoms with E-state index in [1.54, 1.807) is 41.4 Å². The Kier molecular flexibility index (Phi) is 8.39. The fraction of sp³-hybridized carbons (Fsp3) is 0.303. The number of nitrogens with one attached hydrogen (secondary N) is 1. The number of β-amino-alcohol motifs (C(OH)–C–C–N with tert-alkyl or cyclic N) is 1. The summed E-state index contributed by atoms with van der Waals surface area (Å²) in [5.41, 5.74) is 3.32. The summed E-state index contributed by atoms with van der Waals surface area (Å²) in [5.74, 6) is -0.321. The van der Waals surface area contributed by atoms with Gasteiger partial charge in [0.05, 0.1) is 38.1 Å². The summed E-state index contributed by atoms with van der Waals surface area (Å²) in [7, 11) is 4.89. The van der Waals surface area contributed by atoms with Crippen LogP contribution >= 0.6 is 23.2 Å². The van der Waals surface area contributed by atoms with E-state index in [2.05, 4.69) is 5.32 Å². The maximum Gasteiger partial charge on any atom is 0.256 e. The van der Waals surface area contributed by atoms with Gasteiger partial charge in [0.2, 0.25) is 11.8 Å². The van der Waals surface area contributed by atoms with E-state index < -0.39 is 24.1 Å². The molecule has 3 atom stereocenters. The van der Waals surface area contributed by atoms with Gasteiger partial charge in [-0.3, -0.25) is 14.4 Å². The van der Waals surface area contributed by atoms with Crippen LogP contribution in [0.5, 0.6) is 11.5 Å². The Morgan fingerprint density at radius 1 is 1.04 bits per heavy atom. The first-order chi connectivity index (χ1) is 21.6. The van der Waals surface area contributed by atoms with Crippen LogP contribution < -0.4 is 19.7 Å². The first kappa shape index (κ1) is 30.8. The lowest BCUT2D eigenvalue weighted by Crippen LogP contribution is -2.56. The molecule has 45 heavy (non-hydrogen) atoms. The third-order valence-electron chi connectivity index (χ3n) is 8.49. The molecule has 2 N–H and O–H groups in total. The van der Waals surface area contributed by atoms with E-state index >= 15 is 0 Å². The maximum atomic E-state index is 14.1. The van der Waals surface area contributed by atoms with E-state index in [-0.39, 0.29) is 37.7 Å². The molecular weight excluding hydrogens is 619 g/mol. The molecule has 3 aromatic carbocycles. The zero-order valence-electron chi connectivity index (χ0n) is 24.9. The van der Waals surface area contributed by atoms with Crippen LogP contribution in [0.2, 0.25) is 10.0 Å². The lowest BCUT2D eigenvalue weighted by Gasteiger charge is -2.36. The van der Waals surface area contributed by atoms with Gasteiger partial charge in [0.25, 0.3) is 5.91 Å².